The van der Waals surface area contributed by atoms with Gasteiger partial charge in [-0.1, -0.05) is 6.08 Å². The zero-order valence-corrected chi connectivity index (χ0v) is 12.2. The topological polar surface area (TPSA) is 86.9 Å². The Morgan fingerprint density at radius 2 is 2.14 bits per heavy atom. The Bertz CT molecular complexity index is 543. The Morgan fingerprint density at radius 1 is 1.48 bits per heavy atom. The number of carbonyl (C=O) groups excluding carboxylic acids is 1. The van der Waals surface area contributed by atoms with E-state index in [1.165, 1.54) is 23.1 Å². The van der Waals surface area contributed by atoms with Crippen LogP contribution in [0.4, 0.5) is 11.4 Å². The van der Waals surface area contributed by atoms with Crippen LogP contribution >= 0.6 is 0 Å². The molecule has 0 aromatic heterocycles. The molecular weight excluding hydrogens is 274 g/mol. The molecule has 1 aromatic carbocycles. The molecule has 1 amide bonds. The van der Waals surface area contributed by atoms with Crippen molar-refractivity contribution in [1.82, 2.24) is 4.90 Å². The lowest BCUT2D eigenvalue weighted by molar-refractivity contribution is -0.384. The molecule has 0 heterocycles. The molecule has 1 aromatic rings. The number of hydrogen-bond donors (Lipinski definition) is 1. The molecule has 1 N–H and O–H groups in total. The summed E-state index contributed by atoms with van der Waals surface area (Å²) in [7, 11) is 3.16. The number of aliphatic hydroxyl groups excluding tert-OH is 1. The molecule has 0 atom stereocenters. The fourth-order valence-corrected chi connectivity index (χ4v) is 1.91. The SMILES string of the molecule is C=CCN(CCO)c1ccc(C(=O)N(C)C)cc1[N+](=O)[O-]. The third kappa shape index (κ3) is 4.03. The minimum absolute atomic E-state index is 0.136. The van der Waals surface area contributed by atoms with Gasteiger partial charge < -0.3 is 14.9 Å². The van der Waals surface area contributed by atoms with Gasteiger partial charge in [0, 0.05) is 38.8 Å². The Balaban J connectivity index is 3.29. The Hall–Kier alpha value is -2.41. The molecule has 114 valence electrons. The first kappa shape index (κ1) is 16.6. The standard InChI is InChI=1S/C14H19N3O4/c1-4-7-16(8-9-18)12-6-5-11(14(19)15(2)3)10-13(12)17(20)21/h4-6,10,18H,1,7-9H2,2-3H3. The van der Waals surface area contributed by atoms with Crippen LogP contribution in [0.25, 0.3) is 0 Å². The number of hydrogen-bond acceptors (Lipinski definition) is 5. The van der Waals surface area contributed by atoms with E-state index in [0.717, 1.165) is 0 Å². The van der Waals surface area contributed by atoms with Crippen LogP contribution in [0.15, 0.2) is 30.9 Å². The number of nitro benzene ring substituents is 1. The summed E-state index contributed by atoms with van der Waals surface area (Å²) in [6.45, 7) is 4.07. The average molecular weight is 293 g/mol. The highest BCUT2D eigenvalue weighted by molar-refractivity contribution is 5.95. The van der Waals surface area contributed by atoms with E-state index in [1.54, 1.807) is 25.1 Å². The summed E-state index contributed by atoms with van der Waals surface area (Å²) >= 11 is 0. The molecule has 0 aliphatic carbocycles. The van der Waals surface area contributed by atoms with E-state index in [4.69, 9.17) is 5.11 Å². The average Bonchev–Trinajstić information content (AvgIpc) is 2.45. The summed E-state index contributed by atoms with van der Waals surface area (Å²) in [5.74, 6) is -0.304. The number of carbonyl (C=O) groups is 1. The van der Waals surface area contributed by atoms with Gasteiger partial charge in [-0.05, 0) is 12.1 Å². The molecule has 21 heavy (non-hydrogen) atoms. The molecule has 0 fully saturated rings. The molecular formula is C14H19N3O4. The van der Waals surface area contributed by atoms with E-state index in [0.29, 0.717) is 12.2 Å². The number of nitro groups is 1. The largest absolute Gasteiger partial charge is 0.395 e. The third-order valence-electron chi connectivity index (χ3n) is 2.89. The first-order valence-electron chi connectivity index (χ1n) is 6.39. The number of amides is 1. The summed E-state index contributed by atoms with van der Waals surface area (Å²) in [6.07, 6.45) is 1.60. The van der Waals surface area contributed by atoms with Crippen molar-refractivity contribution in [2.75, 3.05) is 38.7 Å². The zero-order chi connectivity index (χ0) is 16.0. The predicted octanol–water partition coefficient (Wildman–Crippen LogP) is 1.28. The smallest absolute Gasteiger partial charge is 0.293 e. The quantitative estimate of drug-likeness (QED) is 0.465. The fourth-order valence-electron chi connectivity index (χ4n) is 1.91. The highest BCUT2D eigenvalue weighted by Crippen LogP contribution is 2.29. The summed E-state index contributed by atoms with van der Waals surface area (Å²) in [4.78, 5) is 25.6. The molecule has 0 bridgehead atoms. The maximum Gasteiger partial charge on any atom is 0.293 e. The maximum atomic E-state index is 11.9. The van der Waals surface area contributed by atoms with Gasteiger partial charge >= 0.3 is 0 Å². The minimum atomic E-state index is -0.533. The van der Waals surface area contributed by atoms with Crippen LogP contribution in [0.1, 0.15) is 10.4 Å². The Kier molecular flexibility index (Phi) is 5.86. The monoisotopic (exact) mass is 293 g/mol. The molecule has 0 aliphatic heterocycles. The summed E-state index contributed by atoms with van der Waals surface area (Å²) in [5.41, 5.74) is 0.431. The summed E-state index contributed by atoms with van der Waals surface area (Å²) in [5, 5.41) is 20.3. The lowest BCUT2D eigenvalue weighted by Gasteiger charge is -2.22. The van der Waals surface area contributed by atoms with Gasteiger partial charge in [0.1, 0.15) is 5.69 Å². The van der Waals surface area contributed by atoms with Crippen LogP contribution in [0.2, 0.25) is 0 Å². The molecule has 0 saturated heterocycles. The first-order chi connectivity index (χ1) is 9.92. The number of aliphatic hydroxyl groups is 1. The van der Waals surface area contributed by atoms with E-state index in [1.807, 2.05) is 0 Å². The summed E-state index contributed by atoms with van der Waals surface area (Å²) in [6, 6.07) is 4.32. The van der Waals surface area contributed by atoms with E-state index in [-0.39, 0.29) is 30.3 Å². The van der Waals surface area contributed by atoms with Crippen molar-refractivity contribution in [2.45, 2.75) is 0 Å². The van der Waals surface area contributed by atoms with Crippen LogP contribution in [-0.2, 0) is 0 Å². The van der Waals surface area contributed by atoms with Gasteiger partial charge in [-0.2, -0.15) is 0 Å². The second-order valence-electron chi connectivity index (χ2n) is 4.62. The lowest BCUT2D eigenvalue weighted by atomic mass is 10.1. The van der Waals surface area contributed by atoms with Gasteiger partial charge in [0.25, 0.3) is 11.6 Å². The molecule has 7 nitrogen and oxygen atoms in total. The van der Waals surface area contributed by atoms with Crippen molar-refractivity contribution in [3.05, 3.63) is 46.5 Å². The van der Waals surface area contributed by atoms with Gasteiger partial charge in [0.05, 0.1) is 11.5 Å². The van der Waals surface area contributed by atoms with E-state index < -0.39 is 4.92 Å². The highest BCUT2D eigenvalue weighted by Gasteiger charge is 2.21. The van der Waals surface area contributed by atoms with Crippen molar-refractivity contribution in [3.63, 3.8) is 0 Å². The molecule has 0 saturated carbocycles. The predicted molar refractivity (Wildman–Crippen MR) is 80.6 cm³/mol. The van der Waals surface area contributed by atoms with Crippen molar-refractivity contribution in [3.8, 4) is 0 Å². The van der Waals surface area contributed by atoms with Crippen molar-refractivity contribution in [1.29, 1.82) is 0 Å². The van der Waals surface area contributed by atoms with Gasteiger partial charge in [0.2, 0.25) is 0 Å². The van der Waals surface area contributed by atoms with Crippen molar-refractivity contribution >= 4 is 17.3 Å². The van der Waals surface area contributed by atoms with Crippen LogP contribution in [0.5, 0.6) is 0 Å². The second-order valence-corrected chi connectivity index (χ2v) is 4.62. The van der Waals surface area contributed by atoms with E-state index >= 15 is 0 Å². The number of rotatable bonds is 7. The zero-order valence-electron chi connectivity index (χ0n) is 12.2. The minimum Gasteiger partial charge on any atom is -0.395 e. The lowest BCUT2D eigenvalue weighted by Crippen LogP contribution is -2.28. The van der Waals surface area contributed by atoms with Crippen LogP contribution in [0.3, 0.4) is 0 Å². The van der Waals surface area contributed by atoms with Gasteiger partial charge in [-0.15, -0.1) is 6.58 Å². The molecule has 7 heteroatoms. The molecule has 1 rings (SSSR count). The van der Waals surface area contributed by atoms with Gasteiger partial charge in [-0.3, -0.25) is 14.9 Å². The van der Waals surface area contributed by atoms with Crippen LogP contribution < -0.4 is 4.90 Å². The van der Waals surface area contributed by atoms with E-state index in [9.17, 15) is 14.9 Å². The van der Waals surface area contributed by atoms with Gasteiger partial charge in [0.15, 0.2) is 0 Å². The normalized spacial score (nSPS) is 10.0. The van der Waals surface area contributed by atoms with Gasteiger partial charge in [-0.25, -0.2) is 0 Å². The highest BCUT2D eigenvalue weighted by atomic mass is 16.6. The Labute approximate surface area is 123 Å². The summed E-state index contributed by atoms with van der Waals surface area (Å²) < 4.78 is 0. The van der Waals surface area contributed by atoms with Crippen LogP contribution in [-0.4, -0.2) is 54.6 Å². The molecule has 0 unspecified atom stereocenters. The Morgan fingerprint density at radius 3 is 2.62 bits per heavy atom. The maximum absolute atomic E-state index is 11.9. The number of benzene rings is 1. The number of anilines is 1. The number of nitrogens with zero attached hydrogens (tertiary/aromatic N) is 3. The molecule has 0 radical (unpaired) electrons. The van der Waals surface area contributed by atoms with Crippen LogP contribution in [0, 0.1) is 10.1 Å². The van der Waals surface area contributed by atoms with Crippen molar-refractivity contribution in [2.24, 2.45) is 0 Å². The van der Waals surface area contributed by atoms with E-state index in [2.05, 4.69) is 6.58 Å². The fraction of sp³-hybridized carbons (Fsp3) is 0.357. The molecule has 0 aliphatic rings. The first-order valence-corrected chi connectivity index (χ1v) is 6.39. The second kappa shape index (κ2) is 7.39. The van der Waals surface area contributed by atoms with Crippen molar-refractivity contribution < 1.29 is 14.8 Å². The molecule has 0 spiro atoms. The third-order valence-corrected chi connectivity index (χ3v) is 2.89.